The molecule has 4 nitrogen and oxygen atoms in total. The van der Waals surface area contributed by atoms with Crippen molar-refractivity contribution in [2.24, 2.45) is 0 Å². The summed E-state index contributed by atoms with van der Waals surface area (Å²) in [5.74, 6) is 0.0960. The fraction of sp³-hybridized carbons (Fsp3) is 0.389. The molecule has 1 saturated heterocycles. The maximum atomic E-state index is 12.6. The summed E-state index contributed by atoms with van der Waals surface area (Å²) < 4.78 is 0. The lowest BCUT2D eigenvalue weighted by atomic mass is 10.0. The molecule has 1 aromatic rings. The second-order valence-corrected chi connectivity index (χ2v) is 6.06. The highest BCUT2D eigenvalue weighted by molar-refractivity contribution is 6.30. The average Bonchev–Trinajstić information content (AvgIpc) is 2.55. The van der Waals surface area contributed by atoms with Crippen LogP contribution in [0.2, 0.25) is 5.02 Å². The second kappa shape index (κ2) is 10.5. The van der Waals surface area contributed by atoms with Gasteiger partial charge in [-0.3, -0.25) is 9.69 Å². The van der Waals surface area contributed by atoms with Gasteiger partial charge in [0.25, 0.3) is 0 Å². The van der Waals surface area contributed by atoms with Gasteiger partial charge in [-0.1, -0.05) is 35.9 Å². The Hall–Kier alpha value is -1.33. The number of carbonyl (C=O) groups excluding carboxylic acids is 1. The number of piperazine rings is 1. The predicted molar refractivity (Wildman–Crippen MR) is 103 cm³/mol. The number of nitrogens with zero attached hydrogens (tertiary/aromatic N) is 2. The van der Waals surface area contributed by atoms with E-state index < -0.39 is 0 Å². The molecule has 0 saturated carbocycles. The van der Waals surface area contributed by atoms with Crippen LogP contribution in [-0.4, -0.2) is 55.0 Å². The van der Waals surface area contributed by atoms with Crippen molar-refractivity contribution in [1.29, 1.82) is 0 Å². The minimum atomic E-state index is 0. The van der Waals surface area contributed by atoms with Crippen molar-refractivity contribution in [2.45, 2.75) is 6.04 Å². The number of nitrogens with one attached hydrogen (secondary N) is 1. The highest BCUT2D eigenvalue weighted by Crippen LogP contribution is 2.24. The van der Waals surface area contributed by atoms with Gasteiger partial charge in [0.05, 0.1) is 6.54 Å². The van der Waals surface area contributed by atoms with Crippen LogP contribution in [-0.2, 0) is 4.79 Å². The smallest absolute Gasteiger partial charge is 0.237 e. The SMILES string of the molecule is C=CCN(CC=C)C(=O)CN1CCNCC1c1cccc(Cl)c1.Cl. The van der Waals surface area contributed by atoms with Gasteiger partial charge >= 0.3 is 0 Å². The third kappa shape index (κ3) is 5.64. The largest absolute Gasteiger partial charge is 0.334 e. The molecule has 1 N–H and O–H groups in total. The van der Waals surface area contributed by atoms with Gasteiger partial charge < -0.3 is 10.2 Å². The summed E-state index contributed by atoms with van der Waals surface area (Å²) in [7, 11) is 0. The number of carbonyl (C=O) groups is 1. The molecule has 1 aliphatic rings. The zero-order valence-corrected chi connectivity index (χ0v) is 15.4. The monoisotopic (exact) mass is 369 g/mol. The van der Waals surface area contributed by atoms with Crippen LogP contribution in [0, 0.1) is 0 Å². The van der Waals surface area contributed by atoms with Crippen molar-refractivity contribution in [3.63, 3.8) is 0 Å². The van der Waals surface area contributed by atoms with Crippen LogP contribution in [0.5, 0.6) is 0 Å². The number of amides is 1. The Kier molecular flexibility index (Phi) is 9.08. The summed E-state index contributed by atoms with van der Waals surface area (Å²) in [4.78, 5) is 16.6. The molecule has 0 aliphatic carbocycles. The first kappa shape index (κ1) is 20.7. The molecule has 1 amide bonds. The van der Waals surface area contributed by atoms with Gasteiger partial charge in [-0.25, -0.2) is 0 Å². The molecule has 1 unspecified atom stereocenters. The van der Waals surface area contributed by atoms with Crippen molar-refractivity contribution in [3.05, 3.63) is 60.2 Å². The highest BCUT2D eigenvalue weighted by Gasteiger charge is 2.26. The van der Waals surface area contributed by atoms with Crippen LogP contribution in [0.3, 0.4) is 0 Å². The number of rotatable bonds is 7. The molecule has 0 aromatic heterocycles. The average molecular weight is 370 g/mol. The fourth-order valence-electron chi connectivity index (χ4n) is 2.84. The van der Waals surface area contributed by atoms with Crippen molar-refractivity contribution in [2.75, 3.05) is 39.3 Å². The van der Waals surface area contributed by atoms with Crippen LogP contribution in [0.15, 0.2) is 49.6 Å². The minimum Gasteiger partial charge on any atom is -0.334 e. The summed E-state index contributed by atoms with van der Waals surface area (Å²) in [6.07, 6.45) is 3.49. The third-order valence-corrected chi connectivity index (χ3v) is 4.21. The van der Waals surface area contributed by atoms with Crippen molar-refractivity contribution < 1.29 is 4.79 Å². The molecule has 1 heterocycles. The van der Waals surface area contributed by atoms with Gasteiger partial charge in [-0.15, -0.1) is 25.6 Å². The highest BCUT2D eigenvalue weighted by atomic mass is 35.5. The van der Waals surface area contributed by atoms with E-state index in [1.807, 2.05) is 18.2 Å². The van der Waals surface area contributed by atoms with Gasteiger partial charge in [0, 0.05) is 43.8 Å². The second-order valence-electron chi connectivity index (χ2n) is 5.62. The number of halogens is 2. The lowest BCUT2D eigenvalue weighted by Gasteiger charge is -2.37. The fourth-order valence-corrected chi connectivity index (χ4v) is 3.04. The van der Waals surface area contributed by atoms with Gasteiger partial charge in [0.2, 0.25) is 5.91 Å². The first-order valence-electron chi connectivity index (χ1n) is 7.85. The topological polar surface area (TPSA) is 35.6 Å². The van der Waals surface area contributed by atoms with Crippen LogP contribution < -0.4 is 5.32 Å². The van der Waals surface area contributed by atoms with E-state index >= 15 is 0 Å². The first-order valence-corrected chi connectivity index (χ1v) is 8.23. The molecule has 1 aliphatic heterocycles. The first-order chi connectivity index (χ1) is 11.2. The van der Waals surface area contributed by atoms with Crippen LogP contribution in [0.4, 0.5) is 0 Å². The van der Waals surface area contributed by atoms with Crippen LogP contribution in [0.1, 0.15) is 11.6 Å². The lowest BCUT2D eigenvalue weighted by Crippen LogP contribution is -2.50. The van der Waals surface area contributed by atoms with E-state index in [0.29, 0.717) is 19.6 Å². The standard InChI is InChI=1S/C18H24ClN3O.ClH/c1-3-9-21(10-4-2)18(23)14-22-11-8-20-13-17(22)15-6-5-7-16(19)12-15;/h3-7,12,17,20H,1-2,8-11,13-14H2;1H. The third-order valence-electron chi connectivity index (χ3n) is 3.98. The molecule has 0 radical (unpaired) electrons. The number of hydrogen-bond acceptors (Lipinski definition) is 3. The Morgan fingerprint density at radius 2 is 2.08 bits per heavy atom. The Labute approximate surface area is 155 Å². The zero-order chi connectivity index (χ0) is 16.7. The predicted octanol–water partition coefficient (Wildman–Crippen LogP) is 2.91. The molecule has 0 bridgehead atoms. The Morgan fingerprint density at radius 3 is 2.71 bits per heavy atom. The van der Waals surface area contributed by atoms with Gasteiger partial charge in [-0.05, 0) is 17.7 Å². The zero-order valence-electron chi connectivity index (χ0n) is 13.8. The van der Waals surface area contributed by atoms with Crippen molar-refractivity contribution in [1.82, 2.24) is 15.1 Å². The molecule has 1 aromatic carbocycles. The molecule has 132 valence electrons. The molecule has 6 heteroatoms. The molecule has 1 fully saturated rings. The summed E-state index contributed by atoms with van der Waals surface area (Å²) >= 11 is 6.11. The molecule has 1 atom stereocenters. The van der Waals surface area contributed by atoms with Gasteiger partial charge in [-0.2, -0.15) is 0 Å². The summed E-state index contributed by atoms with van der Waals surface area (Å²) in [6, 6.07) is 8.01. The van der Waals surface area contributed by atoms with Crippen molar-refractivity contribution in [3.8, 4) is 0 Å². The van der Waals surface area contributed by atoms with E-state index in [9.17, 15) is 4.79 Å². The minimum absolute atomic E-state index is 0. The molecule has 2 rings (SSSR count). The Morgan fingerprint density at radius 1 is 1.38 bits per heavy atom. The molecular formula is C18H25Cl2N3O. The lowest BCUT2D eigenvalue weighted by molar-refractivity contribution is -0.132. The van der Waals surface area contributed by atoms with Crippen molar-refractivity contribution >= 4 is 29.9 Å². The maximum Gasteiger partial charge on any atom is 0.237 e. The molecular weight excluding hydrogens is 345 g/mol. The quantitative estimate of drug-likeness (QED) is 0.750. The summed E-state index contributed by atoms with van der Waals surface area (Å²) in [5.41, 5.74) is 1.14. The normalized spacial score (nSPS) is 17.6. The van der Waals surface area contributed by atoms with E-state index in [0.717, 1.165) is 30.2 Å². The molecule has 0 spiro atoms. The van der Waals surface area contributed by atoms with E-state index in [2.05, 4.69) is 29.4 Å². The van der Waals surface area contributed by atoms with Gasteiger partial charge in [0.15, 0.2) is 0 Å². The van der Waals surface area contributed by atoms with E-state index in [1.165, 1.54) is 0 Å². The van der Waals surface area contributed by atoms with E-state index in [-0.39, 0.29) is 24.4 Å². The number of benzene rings is 1. The van der Waals surface area contributed by atoms with Gasteiger partial charge in [0.1, 0.15) is 0 Å². The number of hydrogen-bond donors (Lipinski definition) is 1. The molecule has 24 heavy (non-hydrogen) atoms. The maximum absolute atomic E-state index is 12.6. The van der Waals surface area contributed by atoms with Crippen LogP contribution in [0.25, 0.3) is 0 Å². The van der Waals surface area contributed by atoms with E-state index in [1.54, 1.807) is 17.1 Å². The van der Waals surface area contributed by atoms with Crippen LogP contribution >= 0.6 is 24.0 Å². The Balaban J connectivity index is 0.00000288. The van der Waals surface area contributed by atoms with E-state index in [4.69, 9.17) is 11.6 Å². The summed E-state index contributed by atoms with van der Waals surface area (Å²) in [6.45, 7) is 11.4. The summed E-state index contributed by atoms with van der Waals surface area (Å²) in [5, 5.41) is 4.12. The Bertz CT molecular complexity index is 555.